The number of alkyl halides is 1. The lowest BCUT2D eigenvalue weighted by atomic mass is 9.81. The van der Waals surface area contributed by atoms with Crippen LogP contribution in [0.15, 0.2) is 0 Å². The first-order valence-electron chi connectivity index (χ1n) is 7.17. The third-order valence-electron chi connectivity index (χ3n) is 5.27. The maximum absolute atomic E-state index is 15.1. The molecule has 1 N–H and O–H groups in total. The van der Waals surface area contributed by atoms with Gasteiger partial charge in [0, 0.05) is 0 Å². The summed E-state index contributed by atoms with van der Waals surface area (Å²) in [5, 5.41) is 3.41. The Morgan fingerprint density at radius 3 is 2.00 bits per heavy atom. The Balaban J connectivity index is 1.68. The molecule has 0 aromatic heterocycles. The molecule has 0 bridgehead atoms. The summed E-state index contributed by atoms with van der Waals surface area (Å²) in [4.78, 5) is 0. The highest BCUT2D eigenvalue weighted by Gasteiger charge is 2.51. The smallest absolute Gasteiger partial charge is 0.114 e. The minimum Gasteiger partial charge on any atom is -0.316 e. The van der Waals surface area contributed by atoms with E-state index >= 15 is 4.39 Å². The molecule has 2 saturated carbocycles. The van der Waals surface area contributed by atoms with E-state index in [1.807, 2.05) is 0 Å². The Bertz CT molecular complexity index is 233. The van der Waals surface area contributed by atoms with Gasteiger partial charge in [0.2, 0.25) is 0 Å². The molecule has 0 radical (unpaired) electrons. The number of hydrogen-bond acceptors (Lipinski definition) is 1. The minimum atomic E-state index is -0.790. The third-order valence-corrected chi connectivity index (χ3v) is 5.27. The van der Waals surface area contributed by atoms with Crippen LogP contribution in [0.1, 0.15) is 51.4 Å². The SMILES string of the molecule is FC1(C2CCCCCC2)CC2CNCC2C1. The van der Waals surface area contributed by atoms with Crippen LogP contribution in [0, 0.1) is 17.8 Å². The first kappa shape index (κ1) is 11.0. The zero-order valence-electron chi connectivity index (χ0n) is 10.2. The van der Waals surface area contributed by atoms with Crippen LogP contribution < -0.4 is 5.32 Å². The normalized spacial score (nSPS) is 45.6. The van der Waals surface area contributed by atoms with Crippen LogP contribution >= 0.6 is 0 Å². The van der Waals surface area contributed by atoms with Crippen molar-refractivity contribution < 1.29 is 4.39 Å². The minimum absolute atomic E-state index is 0.389. The second kappa shape index (κ2) is 4.29. The van der Waals surface area contributed by atoms with Gasteiger partial charge in [0.05, 0.1) is 0 Å². The monoisotopic (exact) mass is 225 g/mol. The highest BCUT2D eigenvalue weighted by Crippen LogP contribution is 2.50. The highest BCUT2D eigenvalue weighted by atomic mass is 19.1. The van der Waals surface area contributed by atoms with Crippen molar-refractivity contribution in [3.63, 3.8) is 0 Å². The molecule has 1 saturated heterocycles. The molecule has 1 aliphatic heterocycles. The van der Waals surface area contributed by atoms with Crippen LogP contribution in [0.3, 0.4) is 0 Å². The molecule has 2 aliphatic carbocycles. The van der Waals surface area contributed by atoms with Gasteiger partial charge < -0.3 is 5.32 Å². The van der Waals surface area contributed by atoms with Gasteiger partial charge in [-0.3, -0.25) is 0 Å². The van der Waals surface area contributed by atoms with E-state index in [4.69, 9.17) is 0 Å². The lowest BCUT2D eigenvalue weighted by Gasteiger charge is -2.30. The molecule has 3 rings (SSSR count). The Morgan fingerprint density at radius 1 is 0.875 bits per heavy atom. The molecular formula is C14H24FN. The highest BCUT2D eigenvalue weighted by molar-refractivity contribution is 5.02. The molecule has 3 aliphatic rings. The van der Waals surface area contributed by atoms with Crippen LogP contribution in [0.25, 0.3) is 0 Å². The largest absolute Gasteiger partial charge is 0.316 e. The summed E-state index contributed by atoms with van der Waals surface area (Å²) in [6.07, 6.45) is 9.23. The Kier molecular flexibility index (Phi) is 2.95. The van der Waals surface area contributed by atoms with E-state index in [0.717, 1.165) is 38.8 Å². The second-order valence-electron chi connectivity index (χ2n) is 6.31. The van der Waals surface area contributed by atoms with Gasteiger partial charge in [-0.15, -0.1) is 0 Å². The quantitative estimate of drug-likeness (QED) is 0.675. The molecule has 0 amide bonds. The van der Waals surface area contributed by atoms with Crippen LogP contribution in [-0.4, -0.2) is 18.8 Å². The van der Waals surface area contributed by atoms with E-state index in [0.29, 0.717) is 17.8 Å². The Hall–Kier alpha value is -0.110. The molecule has 2 unspecified atom stereocenters. The molecule has 0 spiro atoms. The predicted molar refractivity (Wildman–Crippen MR) is 64.1 cm³/mol. The van der Waals surface area contributed by atoms with Gasteiger partial charge in [0.1, 0.15) is 5.67 Å². The van der Waals surface area contributed by atoms with Crippen molar-refractivity contribution in [2.24, 2.45) is 17.8 Å². The summed E-state index contributed by atoms with van der Waals surface area (Å²) in [6.45, 7) is 2.14. The average molecular weight is 225 g/mol. The fourth-order valence-corrected chi connectivity index (χ4v) is 4.35. The van der Waals surface area contributed by atoms with Gasteiger partial charge in [-0.1, -0.05) is 25.7 Å². The summed E-state index contributed by atoms with van der Waals surface area (Å²) >= 11 is 0. The summed E-state index contributed by atoms with van der Waals surface area (Å²) in [6, 6.07) is 0. The first-order valence-corrected chi connectivity index (χ1v) is 7.17. The molecular weight excluding hydrogens is 201 g/mol. The van der Waals surface area contributed by atoms with Gasteiger partial charge in [-0.05, 0) is 56.5 Å². The van der Waals surface area contributed by atoms with E-state index in [2.05, 4.69) is 5.32 Å². The van der Waals surface area contributed by atoms with Gasteiger partial charge >= 0.3 is 0 Å². The Labute approximate surface area is 98.2 Å². The maximum Gasteiger partial charge on any atom is 0.114 e. The van der Waals surface area contributed by atoms with Crippen molar-refractivity contribution in [2.75, 3.05) is 13.1 Å². The zero-order valence-corrected chi connectivity index (χ0v) is 10.2. The number of fused-ring (bicyclic) bond motifs is 1. The summed E-state index contributed by atoms with van der Waals surface area (Å²) < 4.78 is 15.1. The van der Waals surface area contributed by atoms with Crippen LogP contribution in [0.4, 0.5) is 4.39 Å². The van der Waals surface area contributed by atoms with Crippen molar-refractivity contribution in [3.8, 4) is 0 Å². The molecule has 1 heterocycles. The van der Waals surface area contributed by atoms with Crippen molar-refractivity contribution >= 4 is 0 Å². The third kappa shape index (κ3) is 1.90. The zero-order chi connectivity index (χ0) is 11.0. The van der Waals surface area contributed by atoms with Crippen LogP contribution in [0.2, 0.25) is 0 Å². The summed E-state index contributed by atoms with van der Waals surface area (Å²) in [5.41, 5.74) is -0.790. The van der Waals surface area contributed by atoms with Gasteiger partial charge in [0.15, 0.2) is 0 Å². The van der Waals surface area contributed by atoms with E-state index in [1.165, 1.54) is 25.7 Å². The lowest BCUT2D eigenvalue weighted by molar-refractivity contribution is 0.0685. The number of nitrogens with one attached hydrogen (secondary N) is 1. The maximum atomic E-state index is 15.1. The molecule has 0 aromatic carbocycles. The van der Waals surface area contributed by atoms with E-state index < -0.39 is 5.67 Å². The molecule has 3 fully saturated rings. The summed E-state index contributed by atoms with van der Waals surface area (Å²) in [7, 11) is 0. The molecule has 2 heteroatoms. The molecule has 2 atom stereocenters. The van der Waals surface area contributed by atoms with E-state index in [-0.39, 0.29) is 0 Å². The van der Waals surface area contributed by atoms with Gasteiger partial charge in [-0.2, -0.15) is 0 Å². The van der Waals surface area contributed by atoms with Crippen LogP contribution in [-0.2, 0) is 0 Å². The molecule has 1 nitrogen and oxygen atoms in total. The van der Waals surface area contributed by atoms with Crippen molar-refractivity contribution in [1.82, 2.24) is 5.32 Å². The first-order chi connectivity index (χ1) is 7.78. The van der Waals surface area contributed by atoms with Gasteiger partial charge in [-0.25, -0.2) is 4.39 Å². The van der Waals surface area contributed by atoms with Gasteiger partial charge in [0.25, 0.3) is 0 Å². The molecule has 16 heavy (non-hydrogen) atoms. The molecule has 0 aromatic rings. The second-order valence-corrected chi connectivity index (χ2v) is 6.31. The predicted octanol–water partition coefficient (Wildman–Crippen LogP) is 3.29. The van der Waals surface area contributed by atoms with Crippen molar-refractivity contribution in [2.45, 2.75) is 57.0 Å². The molecule has 92 valence electrons. The Morgan fingerprint density at radius 2 is 1.44 bits per heavy atom. The standard InChI is InChI=1S/C14H24FN/c15-14(13-5-3-1-2-4-6-13)7-11-9-16-10-12(11)8-14/h11-13,16H,1-10H2. The fraction of sp³-hybridized carbons (Fsp3) is 1.00. The van der Waals surface area contributed by atoms with E-state index in [9.17, 15) is 0 Å². The number of halogens is 1. The van der Waals surface area contributed by atoms with Crippen molar-refractivity contribution in [1.29, 1.82) is 0 Å². The summed E-state index contributed by atoms with van der Waals surface area (Å²) in [5.74, 6) is 1.68. The average Bonchev–Trinajstić information content (AvgIpc) is 2.67. The fourth-order valence-electron chi connectivity index (χ4n) is 4.35. The number of hydrogen-bond donors (Lipinski definition) is 1. The lowest BCUT2D eigenvalue weighted by Crippen LogP contribution is -2.32. The van der Waals surface area contributed by atoms with Crippen LogP contribution in [0.5, 0.6) is 0 Å². The van der Waals surface area contributed by atoms with E-state index in [1.54, 1.807) is 0 Å². The number of rotatable bonds is 1. The topological polar surface area (TPSA) is 12.0 Å². The van der Waals surface area contributed by atoms with Crippen molar-refractivity contribution in [3.05, 3.63) is 0 Å².